The molecule has 0 radical (unpaired) electrons. The Morgan fingerprint density at radius 2 is 1.76 bits per heavy atom. The van der Waals surface area contributed by atoms with Crippen LogP contribution in [0.1, 0.15) is 71.8 Å². The molecule has 1 aromatic carbocycles. The highest BCUT2D eigenvalue weighted by Crippen LogP contribution is 2.36. The van der Waals surface area contributed by atoms with Crippen molar-refractivity contribution in [2.75, 3.05) is 4.90 Å². The summed E-state index contributed by atoms with van der Waals surface area (Å²) in [5.74, 6) is -0.0363. The molecule has 5 heteroatoms. The maximum Gasteiger partial charge on any atom is 0.260 e. The van der Waals surface area contributed by atoms with Crippen LogP contribution in [-0.2, 0) is 5.41 Å². The minimum atomic E-state index is -0.0354. The number of carbonyl (C=O) groups excluding carboxylic acids is 2. The van der Waals surface area contributed by atoms with Crippen LogP contribution in [0, 0.1) is 6.92 Å². The monoisotopic (exact) mass is 356 g/mol. The number of carbonyl (C=O) groups is 2. The maximum absolute atomic E-state index is 13.1. The SMILES string of the molecule is CC(=O)c1sc(N(C(=O)c2ccc(C(C)(C)C)cc2)C2CC2)nc1C. The van der Waals surface area contributed by atoms with E-state index in [0.29, 0.717) is 21.3 Å². The predicted octanol–water partition coefficient (Wildman–Crippen LogP) is 4.76. The molecule has 1 aliphatic rings. The summed E-state index contributed by atoms with van der Waals surface area (Å²) in [7, 11) is 0. The molecule has 3 rings (SSSR count). The highest BCUT2D eigenvalue weighted by atomic mass is 32.1. The third-order valence-corrected chi connectivity index (χ3v) is 5.70. The van der Waals surface area contributed by atoms with Crippen molar-refractivity contribution in [3.05, 3.63) is 46.0 Å². The molecule has 1 aromatic heterocycles. The van der Waals surface area contributed by atoms with Crippen molar-refractivity contribution < 1.29 is 9.59 Å². The number of hydrogen-bond acceptors (Lipinski definition) is 4. The topological polar surface area (TPSA) is 50.3 Å². The second-order valence-corrected chi connectivity index (χ2v) is 8.68. The Bertz CT molecular complexity index is 811. The van der Waals surface area contributed by atoms with Gasteiger partial charge in [0, 0.05) is 18.5 Å². The van der Waals surface area contributed by atoms with Gasteiger partial charge < -0.3 is 0 Å². The summed E-state index contributed by atoms with van der Waals surface area (Å²) in [6.07, 6.45) is 1.97. The van der Waals surface area contributed by atoms with E-state index >= 15 is 0 Å². The van der Waals surface area contributed by atoms with E-state index in [1.807, 2.05) is 31.2 Å². The Kier molecular flexibility index (Phi) is 4.54. The number of anilines is 1. The number of thiazole rings is 1. The first-order valence-corrected chi connectivity index (χ1v) is 9.42. The zero-order valence-corrected chi connectivity index (χ0v) is 16.2. The number of Topliss-reactive ketones (excluding diaryl/α,β-unsaturated/α-hetero) is 1. The van der Waals surface area contributed by atoms with Gasteiger partial charge in [-0.3, -0.25) is 14.5 Å². The van der Waals surface area contributed by atoms with Gasteiger partial charge in [-0.05, 0) is 42.9 Å². The molecule has 4 nitrogen and oxygen atoms in total. The number of aryl methyl sites for hydroxylation is 1. The minimum Gasteiger partial charge on any atom is -0.294 e. The fourth-order valence-corrected chi connectivity index (χ4v) is 3.84. The lowest BCUT2D eigenvalue weighted by atomic mass is 9.86. The van der Waals surface area contributed by atoms with Gasteiger partial charge in [-0.25, -0.2) is 4.98 Å². The molecular weight excluding hydrogens is 332 g/mol. The first-order chi connectivity index (χ1) is 11.7. The van der Waals surface area contributed by atoms with Crippen molar-refractivity contribution in [1.82, 2.24) is 4.98 Å². The van der Waals surface area contributed by atoms with E-state index in [2.05, 4.69) is 25.8 Å². The Morgan fingerprint density at radius 3 is 2.20 bits per heavy atom. The Balaban J connectivity index is 1.92. The fourth-order valence-electron chi connectivity index (χ4n) is 2.81. The molecule has 25 heavy (non-hydrogen) atoms. The van der Waals surface area contributed by atoms with Gasteiger partial charge in [-0.1, -0.05) is 44.2 Å². The quantitative estimate of drug-likeness (QED) is 0.742. The molecule has 0 saturated heterocycles. The van der Waals surface area contributed by atoms with Crippen LogP contribution in [0.15, 0.2) is 24.3 Å². The number of ketones is 1. The molecule has 1 amide bonds. The average Bonchev–Trinajstić information content (AvgIpc) is 3.28. The lowest BCUT2D eigenvalue weighted by Crippen LogP contribution is -2.33. The van der Waals surface area contributed by atoms with Crippen LogP contribution < -0.4 is 4.90 Å². The van der Waals surface area contributed by atoms with Gasteiger partial charge in [0.15, 0.2) is 10.9 Å². The molecule has 0 bridgehead atoms. The van der Waals surface area contributed by atoms with Crippen molar-refractivity contribution >= 4 is 28.2 Å². The van der Waals surface area contributed by atoms with Gasteiger partial charge in [-0.15, -0.1) is 0 Å². The predicted molar refractivity (Wildman–Crippen MR) is 102 cm³/mol. The zero-order chi connectivity index (χ0) is 18.4. The molecule has 1 heterocycles. The van der Waals surface area contributed by atoms with Crippen LogP contribution in [0.2, 0.25) is 0 Å². The highest BCUT2D eigenvalue weighted by molar-refractivity contribution is 7.17. The smallest absolute Gasteiger partial charge is 0.260 e. The molecule has 1 saturated carbocycles. The third kappa shape index (κ3) is 3.66. The molecule has 0 spiro atoms. The first-order valence-electron chi connectivity index (χ1n) is 8.61. The maximum atomic E-state index is 13.1. The van der Waals surface area contributed by atoms with E-state index in [9.17, 15) is 9.59 Å². The summed E-state index contributed by atoms with van der Waals surface area (Å²) >= 11 is 1.32. The van der Waals surface area contributed by atoms with Gasteiger partial charge in [0.05, 0.1) is 10.6 Å². The van der Waals surface area contributed by atoms with Crippen molar-refractivity contribution in [1.29, 1.82) is 0 Å². The summed E-state index contributed by atoms with van der Waals surface area (Å²) in [5, 5.41) is 0.634. The number of aromatic nitrogens is 1. The third-order valence-electron chi connectivity index (χ3n) is 4.44. The van der Waals surface area contributed by atoms with Gasteiger partial charge >= 0.3 is 0 Å². The van der Waals surface area contributed by atoms with Crippen molar-refractivity contribution in [2.45, 2.75) is 58.9 Å². The van der Waals surface area contributed by atoms with Crippen LogP contribution in [0.5, 0.6) is 0 Å². The van der Waals surface area contributed by atoms with Gasteiger partial charge in [0.25, 0.3) is 5.91 Å². The Labute approximate surface area is 152 Å². The Morgan fingerprint density at radius 1 is 1.16 bits per heavy atom. The van der Waals surface area contributed by atoms with Gasteiger partial charge in [0.1, 0.15) is 0 Å². The normalized spacial score (nSPS) is 14.4. The van der Waals surface area contributed by atoms with Gasteiger partial charge in [0.2, 0.25) is 0 Å². The molecule has 2 aromatic rings. The molecule has 0 unspecified atom stereocenters. The number of rotatable bonds is 4. The van der Waals surface area contributed by atoms with E-state index in [1.165, 1.54) is 16.9 Å². The van der Waals surface area contributed by atoms with Gasteiger partial charge in [-0.2, -0.15) is 0 Å². The lowest BCUT2D eigenvalue weighted by Gasteiger charge is -2.21. The molecule has 0 atom stereocenters. The van der Waals surface area contributed by atoms with E-state index in [4.69, 9.17) is 0 Å². The van der Waals surface area contributed by atoms with Crippen LogP contribution in [0.3, 0.4) is 0 Å². The van der Waals surface area contributed by atoms with Crippen LogP contribution in [0.25, 0.3) is 0 Å². The van der Waals surface area contributed by atoms with Crippen LogP contribution >= 0.6 is 11.3 Å². The highest BCUT2D eigenvalue weighted by Gasteiger charge is 2.36. The average molecular weight is 356 g/mol. The van der Waals surface area contributed by atoms with E-state index in [-0.39, 0.29) is 23.1 Å². The van der Waals surface area contributed by atoms with E-state index < -0.39 is 0 Å². The molecule has 0 N–H and O–H groups in total. The number of nitrogens with zero attached hydrogens (tertiary/aromatic N) is 2. The number of benzene rings is 1. The second-order valence-electron chi connectivity index (χ2n) is 7.70. The second kappa shape index (κ2) is 6.37. The standard InChI is InChI=1S/C20H24N2O2S/c1-12-17(13(2)23)25-19(21-12)22(16-10-11-16)18(24)14-6-8-15(9-7-14)20(3,4)5/h6-9,16H,10-11H2,1-5H3. The summed E-state index contributed by atoms with van der Waals surface area (Å²) in [6.45, 7) is 9.83. The van der Waals surface area contributed by atoms with E-state index in [0.717, 1.165) is 12.8 Å². The largest absolute Gasteiger partial charge is 0.294 e. The molecule has 1 aliphatic carbocycles. The number of hydrogen-bond donors (Lipinski definition) is 0. The molecule has 0 aliphatic heterocycles. The lowest BCUT2D eigenvalue weighted by molar-refractivity contribution is 0.0983. The fraction of sp³-hybridized carbons (Fsp3) is 0.450. The summed E-state index contributed by atoms with van der Waals surface area (Å²) in [6, 6.07) is 8.02. The summed E-state index contributed by atoms with van der Waals surface area (Å²) in [4.78, 5) is 31.7. The summed E-state index contributed by atoms with van der Waals surface area (Å²) in [5.41, 5.74) is 2.62. The Hall–Kier alpha value is -2.01. The van der Waals surface area contributed by atoms with E-state index in [1.54, 1.807) is 11.8 Å². The van der Waals surface area contributed by atoms with Crippen molar-refractivity contribution in [3.63, 3.8) is 0 Å². The van der Waals surface area contributed by atoms with Crippen molar-refractivity contribution in [3.8, 4) is 0 Å². The zero-order valence-electron chi connectivity index (χ0n) is 15.4. The molecule has 132 valence electrons. The number of amides is 1. The molecular formula is C20H24N2O2S. The van der Waals surface area contributed by atoms with Crippen molar-refractivity contribution in [2.24, 2.45) is 0 Å². The van der Waals surface area contributed by atoms with Crippen LogP contribution in [-0.4, -0.2) is 22.7 Å². The minimum absolute atomic E-state index is 0.000948. The molecule has 1 fully saturated rings. The van der Waals surface area contributed by atoms with Crippen LogP contribution in [0.4, 0.5) is 5.13 Å². The summed E-state index contributed by atoms with van der Waals surface area (Å²) < 4.78 is 0. The first kappa shape index (κ1) is 17.8.